The molecule has 1 spiro atoms. The monoisotopic (exact) mass is 435 g/mol. The molecule has 3 aliphatic heterocycles. The Morgan fingerprint density at radius 1 is 1.06 bits per heavy atom. The number of hydrogen-bond donors (Lipinski definition) is 0. The molecule has 4 heterocycles. The van der Waals surface area contributed by atoms with Crippen molar-refractivity contribution in [3.05, 3.63) is 53.3 Å². The lowest BCUT2D eigenvalue weighted by Gasteiger charge is -2.27. The number of hydrogen-bond acceptors (Lipinski definition) is 6. The number of anilines is 1. The van der Waals surface area contributed by atoms with E-state index in [1.54, 1.807) is 15.9 Å². The highest BCUT2D eigenvalue weighted by Crippen LogP contribution is 2.34. The number of amides is 2. The molecule has 8 nitrogen and oxygen atoms in total. The molecular formula is C24H29N5O3. The summed E-state index contributed by atoms with van der Waals surface area (Å²) in [7, 11) is 0. The summed E-state index contributed by atoms with van der Waals surface area (Å²) in [6.07, 6.45) is 3.80. The van der Waals surface area contributed by atoms with Crippen LogP contribution in [-0.4, -0.2) is 70.1 Å². The maximum atomic E-state index is 13.3. The van der Waals surface area contributed by atoms with Crippen molar-refractivity contribution >= 4 is 17.9 Å². The zero-order chi connectivity index (χ0) is 22.1. The lowest BCUT2D eigenvalue weighted by Crippen LogP contribution is -2.40. The van der Waals surface area contributed by atoms with Crippen molar-refractivity contribution in [1.82, 2.24) is 19.8 Å². The SMILES string of the molecule is Cc1cc(C(=O)N2CCC3(CN(Cc4ccccc4)C(=O)O3)C2)nc(N2CCCCC2)n1. The van der Waals surface area contributed by atoms with Gasteiger partial charge in [-0.05, 0) is 37.8 Å². The van der Waals surface area contributed by atoms with E-state index < -0.39 is 5.60 Å². The normalized spacial score (nSPS) is 23.2. The molecule has 3 aliphatic rings. The molecule has 32 heavy (non-hydrogen) atoms. The minimum atomic E-state index is -0.640. The first kappa shape index (κ1) is 20.7. The van der Waals surface area contributed by atoms with E-state index in [9.17, 15) is 9.59 Å². The molecule has 3 saturated heterocycles. The van der Waals surface area contributed by atoms with Gasteiger partial charge in [-0.15, -0.1) is 0 Å². The van der Waals surface area contributed by atoms with E-state index >= 15 is 0 Å². The van der Waals surface area contributed by atoms with Crippen molar-refractivity contribution in [2.24, 2.45) is 0 Å². The maximum Gasteiger partial charge on any atom is 0.410 e. The van der Waals surface area contributed by atoms with Crippen molar-refractivity contribution in [3.63, 3.8) is 0 Å². The van der Waals surface area contributed by atoms with Crippen molar-refractivity contribution in [2.45, 2.75) is 44.8 Å². The van der Waals surface area contributed by atoms with Gasteiger partial charge in [-0.3, -0.25) is 9.69 Å². The summed E-state index contributed by atoms with van der Waals surface area (Å²) in [5.41, 5.74) is 1.63. The molecule has 8 heteroatoms. The minimum absolute atomic E-state index is 0.122. The third-order valence-electron chi connectivity index (χ3n) is 6.56. The molecule has 5 rings (SSSR count). The largest absolute Gasteiger partial charge is 0.439 e. The van der Waals surface area contributed by atoms with E-state index in [4.69, 9.17) is 4.74 Å². The Bertz CT molecular complexity index is 1010. The Hall–Kier alpha value is -3.16. The van der Waals surface area contributed by atoms with E-state index in [0.717, 1.165) is 37.2 Å². The van der Waals surface area contributed by atoms with Gasteiger partial charge >= 0.3 is 6.09 Å². The second-order valence-corrected chi connectivity index (χ2v) is 9.11. The second kappa shape index (κ2) is 8.41. The lowest BCUT2D eigenvalue weighted by molar-refractivity contribution is 0.0550. The van der Waals surface area contributed by atoms with Crippen LogP contribution in [0.3, 0.4) is 0 Å². The van der Waals surface area contributed by atoms with Gasteiger partial charge in [-0.25, -0.2) is 14.8 Å². The molecule has 2 amide bonds. The fourth-order valence-corrected chi connectivity index (χ4v) is 4.91. The fourth-order valence-electron chi connectivity index (χ4n) is 4.91. The predicted molar refractivity (Wildman–Crippen MR) is 119 cm³/mol. The summed E-state index contributed by atoms with van der Waals surface area (Å²) in [5, 5.41) is 0. The molecule has 0 bridgehead atoms. The third kappa shape index (κ3) is 4.13. The zero-order valence-corrected chi connectivity index (χ0v) is 18.5. The molecule has 3 fully saturated rings. The smallest absolute Gasteiger partial charge is 0.410 e. The average molecular weight is 436 g/mol. The molecule has 0 aliphatic carbocycles. The Labute approximate surface area is 188 Å². The number of nitrogens with zero attached hydrogens (tertiary/aromatic N) is 5. The van der Waals surface area contributed by atoms with E-state index in [1.165, 1.54) is 6.42 Å². The summed E-state index contributed by atoms with van der Waals surface area (Å²) in [5.74, 6) is 0.520. The van der Waals surface area contributed by atoms with E-state index in [1.807, 2.05) is 37.3 Å². The minimum Gasteiger partial charge on any atom is -0.439 e. The number of piperidine rings is 1. The summed E-state index contributed by atoms with van der Waals surface area (Å²) in [6, 6.07) is 11.6. The summed E-state index contributed by atoms with van der Waals surface area (Å²) >= 11 is 0. The standard InChI is InChI=1S/C24H29N5O3/c1-18-14-20(26-22(25-18)27-11-6-3-7-12-27)21(30)28-13-10-24(16-28)17-29(23(31)32-24)15-19-8-4-2-5-9-19/h2,4-5,8-9,14H,3,6-7,10-13,15-17H2,1H3. The van der Waals surface area contributed by atoms with Crippen LogP contribution in [0.4, 0.5) is 10.7 Å². The first-order valence-electron chi connectivity index (χ1n) is 11.4. The molecule has 1 atom stereocenters. The number of benzene rings is 1. The third-order valence-corrected chi connectivity index (χ3v) is 6.56. The lowest BCUT2D eigenvalue weighted by atomic mass is 10.0. The van der Waals surface area contributed by atoms with Crippen molar-refractivity contribution < 1.29 is 14.3 Å². The number of aromatic nitrogens is 2. The van der Waals surface area contributed by atoms with Gasteiger partial charge in [0.15, 0.2) is 5.60 Å². The molecule has 0 N–H and O–H groups in total. The van der Waals surface area contributed by atoms with Crippen LogP contribution in [0.1, 0.15) is 47.4 Å². The molecule has 0 saturated carbocycles. The quantitative estimate of drug-likeness (QED) is 0.735. The van der Waals surface area contributed by atoms with Crippen molar-refractivity contribution in [1.29, 1.82) is 0 Å². The number of rotatable bonds is 4. The Kier molecular flexibility index (Phi) is 5.45. The van der Waals surface area contributed by atoms with Crippen LogP contribution in [0.15, 0.2) is 36.4 Å². The van der Waals surface area contributed by atoms with Gasteiger partial charge in [-0.1, -0.05) is 30.3 Å². The van der Waals surface area contributed by atoms with Crippen LogP contribution in [-0.2, 0) is 11.3 Å². The number of carbonyl (C=O) groups is 2. The Balaban J connectivity index is 1.28. The molecule has 2 aromatic rings. The van der Waals surface area contributed by atoms with Gasteiger partial charge in [-0.2, -0.15) is 0 Å². The van der Waals surface area contributed by atoms with Gasteiger partial charge in [0.25, 0.3) is 5.91 Å². The van der Waals surface area contributed by atoms with E-state index in [0.29, 0.717) is 44.2 Å². The van der Waals surface area contributed by atoms with Gasteiger partial charge in [0.2, 0.25) is 5.95 Å². The van der Waals surface area contributed by atoms with Crippen LogP contribution in [0, 0.1) is 6.92 Å². The van der Waals surface area contributed by atoms with Gasteiger partial charge in [0.1, 0.15) is 5.69 Å². The highest BCUT2D eigenvalue weighted by Gasteiger charge is 2.50. The molecule has 1 unspecified atom stereocenters. The van der Waals surface area contributed by atoms with Crippen molar-refractivity contribution in [2.75, 3.05) is 37.6 Å². The summed E-state index contributed by atoms with van der Waals surface area (Å²) in [6.45, 7) is 5.70. The van der Waals surface area contributed by atoms with E-state index in [2.05, 4.69) is 14.9 Å². The van der Waals surface area contributed by atoms with Gasteiger partial charge in [0, 0.05) is 38.3 Å². The number of ether oxygens (including phenoxy) is 1. The summed E-state index contributed by atoms with van der Waals surface area (Å²) < 4.78 is 5.81. The highest BCUT2D eigenvalue weighted by atomic mass is 16.6. The molecular weight excluding hydrogens is 406 g/mol. The van der Waals surface area contributed by atoms with Gasteiger partial charge < -0.3 is 14.5 Å². The fraction of sp³-hybridized carbons (Fsp3) is 0.500. The van der Waals surface area contributed by atoms with Crippen molar-refractivity contribution in [3.8, 4) is 0 Å². The predicted octanol–water partition coefficient (Wildman–Crippen LogP) is 3.01. The molecule has 1 aromatic heterocycles. The topological polar surface area (TPSA) is 78.9 Å². The molecule has 0 radical (unpaired) electrons. The zero-order valence-electron chi connectivity index (χ0n) is 18.5. The van der Waals surface area contributed by atoms with Crippen LogP contribution in [0.2, 0.25) is 0 Å². The molecule has 168 valence electrons. The first-order chi connectivity index (χ1) is 15.5. The van der Waals surface area contributed by atoms with Crippen LogP contribution < -0.4 is 4.90 Å². The number of aryl methyl sites for hydroxylation is 1. The van der Waals surface area contributed by atoms with E-state index in [-0.39, 0.29) is 12.0 Å². The van der Waals surface area contributed by atoms with Crippen LogP contribution in [0.5, 0.6) is 0 Å². The number of likely N-dealkylation sites (tertiary alicyclic amines) is 1. The highest BCUT2D eigenvalue weighted by molar-refractivity contribution is 5.93. The summed E-state index contributed by atoms with van der Waals surface area (Å²) in [4.78, 5) is 40.6. The van der Waals surface area contributed by atoms with Crippen LogP contribution in [0.25, 0.3) is 0 Å². The second-order valence-electron chi connectivity index (χ2n) is 9.11. The van der Waals surface area contributed by atoms with Gasteiger partial charge in [0.05, 0.1) is 13.1 Å². The maximum absolute atomic E-state index is 13.3. The van der Waals surface area contributed by atoms with Crippen LogP contribution >= 0.6 is 0 Å². The number of carbonyl (C=O) groups excluding carboxylic acids is 2. The molecule has 1 aromatic carbocycles. The first-order valence-corrected chi connectivity index (χ1v) is 11.4. The average Bonchev–Trinajstić information content (AvgIpc) is 3.36. The Morgan fingerprint density at radius 2 is 1.84 bits per heavy atom. The Morgan fingerprint density at radius 3 is 2.62 bits per heavy atom.